The Kier molecular flexibility index (Phi) is 8.46. The summed E-state index contributed by atoms with van der Waals surface area (Å²) in [7, 11) is 2.13. The van der Waals surface area contributed by atoms with Crippen LogP contribution in [0.5, 0.6) is 5.88 Å². The van der Waals surface area contributed by atoms with Crippen molar-refractivity contribution in [2.24, 2.45) is 11.8 Å². The van der Waals surface area contributed by atoms with Crippen molar-refractivity contribution in [3.8, 4) is 5.88 Å². The van der Waals surface area contributed by atoms with Crippen LogP contribution in [0.15, 0.2) is 18.3 Å². The summed E-state index contributed by atoms with van der Waals surface area (Å²) in [5, 5.41) is 9.76. The second kappa shape index (κ2) is 11.1. The first-order chi connectivity index (χ1) is 14.9. The second-order valence-corrected chi connectivity index (χ2v) is 9.02. The molecule has 0 aromatic carbocycles. The highest BCUT2D eigenvalue weighted by Crippen LogP contribution is 2.28. The maximum absolute atomic E-state index is 13.3. The number of nitrogens with zero attached hydrogens (tertiary/aromatic N) is 3. The Morgan fingerprint density at radius 3 is 2.77 bits per heavy atom. The van der Waals surface area contributed by atoms with Gasteiger partial charge in [0.1, 0.15) is 11.7 Å². The fourth-order valence-electron chi connectivity index (χ4n) is 4.37. The Bertz CT molecular complexity index is 763. The van der Waals surface area contributed by atoms with Crippen LogP contribution in [0.1, 0.15) is 49.5 Å². The number of rotatable bonds is 7. The highest BCUT2D eigenvalue weighted by Gasteiger charge is 2.34. The van der Waals surface area contributed by atoms with E-state index in [1.54, 1.807) is 11.1 Å². The summed E-state index contributed by atoms with van der Waals surface area (Å²) in [4.78, 5) is 21.9. The van der Waals surface area contributed by atoms with Gasteiger partial charge in [-0.1, -0.05) is 19.1 Å². The Hall–Kier alpha value is -1.96. The molecule has 0 bridgehead atoms. The Morgan fingerprint density at radius 2 is 2.10 bits per heavy atom. The van der Waals surface area contributed by atoms with Crippen LogP contribution in [0, 0.1) is 11.8 Å². The smallest absolute Gasteiger partial charge is 0.259 e. The number of ether oxygens (including phenoxy) is 2. The van der Waals surface area contributed by atoms with Gasteiger partial charge in [-0.15, -0.1) is 0 Å². The number of aliphatic hydroxyl groups excluding tert-OH is 1. The molecule has 7 heteroatoms. The third-order valence-electron chi connectivity index (χ3n) is 6.30. The molecule has 1 fully saturated rings. The molecule has 0 saturated carbocycles. The van der Waals surface area contributed by atoms with Gasteiger partial charge in [-0.2, -0.15) is 0 Å². The number of fused-ring (bicyclic) bond motifs is 1. The van der Waals surface area contributed by atoms with Gasteiger partial charge in [-0.25, -0.2) is 4.98 Å². The summed E-state index contributed by atoms with van der Waals surface area (Å²) < 4.78 is 11.8. The number of amides is 1. The van der Waals surface area contributed by atoms with Gasteiger partial charge in [0, 0.05) is 45.0 Å². The molecule has 1 N–H and O–H groups in total. The molecule has 1 aromatic rings. The summed E-state index contributed by atoms with van der Waals surface area (Å²) in [6.07, 6.45) is 7.66. The fourth-order valence-corrected chi connectivity index (χ4v) is 4.37. The third-order valence-corrected chi connectivity index (χ3v) is 6.30. The Labute approximate surface area is 186 Å². The molecular weight excluding hydrogens is 394 g/mol. The molecule has 3 rings (SSSR count). The zero-order chi connectivity index (χ0) is 22.4. The average Bonchev–Trinajstić information content (AvgIpc) is 2.77. The lowest BCUT2D eigenvalue weighted by Gasteiger charge is -2.38. The molecule has 1 amide bonds. The monoisotopic (exact) mass is 431 g/mol. The molecule has 0 radical (unpaired) electrons. The van der Waals surface area contributed by atoms with E-state index in [1.807, 2.05) is 32.1 Å². The summed E-state index contributed by atoms with van der Waals surface area (Å²) in [5.74, 6) is 0.977. The van der Waals surface area contributed by atoms with Gasteiger partial charge in [0.2, 0.25) is 5.88 Å². The molecule has 2 aliphatic rings. The summed E-state index contributed by atoms with van der Waals surface area (Å²) in [6, 6.07) is 1.56. The van der Waals surface area contributed by atoms with Crippen LogP contribution < -0.4 is 4.74 Å². The van der Waals surface area contributed by atoms with Crippen LogP contribution in [0.2, 0.25) is 0 Å². The maximum atomic E-state index is 13.3. The largest absolute Gasteiger partial charge is 0.472 e. The van der Waals surface area contributed by atoms with Crippen molar-refractivity contribution in [3.05, 3.63) is 29.5 Å². The van der Waals surface area contributed by atoms with E-state index in [9.17, 15) is 9.90 Å². The van der Waals surface area contributed by atoms with Crippen molar-refractivity contribution in [1.82, 2.24) is 14.8 Å². The fraction of sp³-hybridized carbons (Fsp3) is 0.667. The van der Waals surface area contributed by atoms with Crippen molar-refractivity contribution < 1.29 is 19.4 Å². The lowest BCUT2D eigenvalue weighted by Crippen LogP contribution is -2.50. The minimum atomic E-state index is -0.271. The van der Waals surface area contributed by atoms with E-state index in [4.69, 9.17) is 9.47 Å². The SMILES string of the molecule is C/C=C/c1cnc2c(c1)C(=O)N([C@H](C)CO)C[C@H](C)[C@@H](CN(C)CC1CCOCC1)O2. The number of carbonyl (C=O) groups excluding carboxylic acids is 1. The topological polar surface area (TPSA) is 75.1 Å². The van der Waals surface area contributed by atoms with Crippen molar-refractivity contribution in [2.45, 2.75) is 45.8 Å². The lowest BCUT2D eigenvalue weighted by molar-refractivity contribution is 0.0254. The van der Waals surface area contributed by atoms with Gasteiger partial charge in [-0.3, -0.25) is 4.79 Å². The van der Waals surface area contributed by atoms with E-state index in [0.717, 1.165) is 44.7 Å². The van der Waals surface area contributed by atoms with Gasteiger partial charge in [0.05, 0.1) is 12.6 Å². The van der Waals surface area contributed by atoms with Crippen LogP contribution >= 0.6 is 0 Å². The first-order valence-corrected chi connectivity index (χ1v) is 11.4. The molecule has 0 aliphatic carbocycles. The molecular formula is C24H37N3O4. The molecule has 7 nitrogen and oxygen atoms in total. The van der Waals surface area contributed by atoms with Gasteiger partial charge >= 0.3 is 0 Å². The molecule has 2 aliphatic heterocycles. The molecule has 3 heterocycles. The number of likely N-dealkylation sites (N-methyl/N-ethyl adjacent to an activating group) is 1. The van der Waals surface area contributed by atoms with Crippen molar-refractivity contribution in [2.75, 3.05) is 46.5 Å². The lowest BCUT2D eigenvalue weighted by atomic mass is 9.97. The molecule has 0 unspecified atom stereocenters. The Morgan fingerprint density at radius 1 is 1.35 bits per heavy atom. The molecule has 1 saturated heterocycles. The number of hydrogen-bond acceptors (Lipinski definition) is 6. The van der Waals surface area contributed by atoms with Gasteiger partial charge in [0.15, 0.2) is 0 Å². The highest BCUT2D eigenvalue weighted by atomic mass is 16.5. The number of carbonyl (C=O) groups is 1. The van der Waals surface area contributed by atoms with Gasteiger partial charge < -0.3 is 24.4 Å². The van der Waals surface area contributed by atoms with E-state index in [0.29, 0.717) is 23.9 Å². The summed E-state index contributed by atoms with van der Waals surface area (Å²) in [5.41, 5.74) is 1.32. The van der Waals surface area contributed by atoms with Crippen LogP contribution in [-0.2, 0) is 4.74 Å². The predicted molar refractivity (Wildman–Crippen MR) is 121 cm³/mol. The normalized spacial score (nSPS) is 24.1. The molecule has 31 heavy (non-hydrogen) atoms. The zero-order valence-corrected chi connectivity index (χ0v) is 19.3. The minimum absolute atomic E-state index is 0.0784. The standard InChI is InChI=1S/C24H37N3O4/c1-5-6-20-11-21-23(25-12-20)31-22(15-26(4)14-19-7-9-30-10-8-19)17(2)13-27(24(21)29)18(3)16-28/h5-6,11-12,17-19,22,28H,7-10,13-16H2,1-4H3/b6-5+/t17-,18+,22+/m0/s1. The van der Waals surface area contributed by atoms with Crippen LogP contribution in [-0.4, -0.2) is 84.4 Å². The minimum Gasteiger partial charge on any atom is -0.472 e. The quantitative estimate of drug-likeness (QED) is 0.716. The number of pyridine rings is 1. The van der Waals surface area contributed by atoms with E-state index >= 15 is 0 Å². The van der Waals surface area contributed by atoms with Gasteiger partial charge in [0.25, 0.3) is 5.91 Å². The first kappa shape index (κ1) is 23.7. The molecule has 1 aromatic heterocycles. The van der Waals surface area contributed by atoms with Crippen LogP contribution in [0.4, 0.5) is 0 Å². The van der Waals surface area contributed by atoms with E-state index in [2.05, 4.69) is 23.9 Å². The van der Waals surface area contributed by atoms with Crippen molar-refractivity contribution in [3.63, 3.8) is 0 Å². The first-order valence-electron chi connectivity index (χ1n) is 11.4. The van der Waals surface area contributed by atoms with E-state index in [1.165, 1.54) is 0 Å². The highest BCUT2D eigenvalue weighted by molar-refractivity contribution is 5.97. The Balaban J connectivity index is 1.84. The number of aliphatic hydroxyl groups is 1. The van der Waals surface area contributed by atoms with E-state index < -0.39 is 0 Å². The second-order valence-electron chi connectivity index (χ2n) is 9.02. The zero-order valence-electron chi connectivity index (χ0n) is 19.3. The van der Waals surface area contributed by atoms with Crippen molar-refractivity contribution >= 4 is 12.0 Å². The third kappa shape index (κ3) is 6.05. The number of allylic oxidation sites excluding steroid dienone is 1. The van der Waals surface area contributed by atoms with Crippen LogP contribution in [0.3, 0.4) is 0 Å². The average molecular weight is 432 g/mol. The van der Waals surface area contributed by atoms with Crippen molar-refractivity contribution in [1.29, 1.82) is 0 Å². The molecule has 172 valence electrons. The number of hydrogen-bond donors (Lipinski definition) is 1. The molecule has 3 atom stereocenters. The summed E-state index contributed by atoms with van der Waals surface area (Å²) in [6.45, 7) is 9.82. The molecule has 0 spiro atoms. The summed E-state index contributed by atoms with van der Waals surface area (Å²) >= 11 is 0. The predicted octanol–water partition coefficient (Wildman–Crippen LogP) is 2.69. The van der Waals surface area contributed by atoms with Crippen LogP contribution in [0.25, 0.3) is 6.08 Å². The number of aromatic nitrogens is 1. The van der Waals surface area contributed by atoms with E-state index in [-0.39, 0.29) is 30.6 Å². The van der Waals surface area contributed by atoms with Gasteiger partial charge in [-0.05, 0) is 51.3 Å². The maximum Gasteiger partial charge on any atom is 0.259 e.